The van der Waals surface area contributed by atoms with Gasteiger partial charge in [-0.3, -0.25) is 24.7 Å². The number of rotatable bonds is 9. The summed E-state index contributed by atoms with van der Waals surface area (Å²) in [5, 5.41) is 10.5. The number of ether oxygens (including phenoxy) is 2. The molecule has 4 aromatic heterocycles. The first-order valence-corrected chi connectivity index (χ1v) is 21.5. The molecule has 0 saturated carbocycles. The van der Waals surface area contributed by atoms with Crippen molar-refractivity contribution in [1.29, 1.82) is 0 Å². The zero-order valence-corrected chi connectivity index (χ0v) is 43.0. The molecule has 18 heteroatoms. The smallest absolute Gasteiger partial charge is 0.246 e. The summed E-state index contributed by atoms with van der Waals surface area (Å²) in [5.41, 5.74) is 15.0. The van der Waals surface area contributed by atoms with Gasteiger partial charge in [-0.05, 0) is 92.6 Å². The number of nitrogens with zero attached hydrogens (tertiary/aromatic N) is 10. The fourth-order valence-electron chi connectivity index (χ4n) is 7.87. The molecule has 0 aliphatic carbocycles. The SMILES string of the molecule is C=CC(=O)N1CCC[C@@H](n2n[c-]c3c(N)ncnc32)C1.C=CC(=O)N1CCC[C@@H](n2nc(-c3ccc(Oc4ccccc4)cc3)c3c(N)ncnc32)C1.[Y].[Y].[c-]1ccc(Oc2ccccc2)cc1. The number of aromatic nitrogens is 8. The van der Waals surface area contributed by atoms with E-state index in [1.165, 1.54) is 24.8 Å². The van der Waals surface area contributed by atoms with Crippen LogP contribution < -0.4 is 20.9 Å². The number of amides is 2. The molecule has 4 N–H and O–H groups in total. The summed E-state index contributed by atoms with van der Waals surface area (Å²) in [4.78, 5) is 44.3. The number of carbonyl (C=O) groups is 2. The summed E-state index contributed by atoms with van der Waals surface area (Å²) in [6.45, 7) is 9.75. The first-order chi connectivity index (χ1) is 32.3. The predicted octanol–water partition coefficient (Wildman–Crippen LogP) is 8.05. The molecule has 2 saturated heterocycles. The minimum absolute atomic E-state index is 0. The molecule has 340 valence electrons. The van der Waals surface area contributed by atoms with Crippen LogP contribution in [0.4, 0.5) is 11.6 Å². The van der Waals surface area contributed by atoms with Gasteiger partial charge >= 0.3 is 0 Å². The fraction of sp³-hybridized carbons (Fsp3) is 0.200. The molecule has 2 atom stereocenters. The van der Waals surface area contributed by atoms with Crippen LogP contribution in [0, 0.1) is 12.3 Å². The van der Waals surface area contributed by atoms with Gasteiger partial charge in [0.05, 0.1) is 23.8 Å². The van der Waals surface area contributed by atoms with Crippen molar-refractivity contribution in [2.45, 2.75) is 37.8 Å². The van der Waals surface area contributed by atoms with Gasteiger partial charge in [0.25, 0.3) is 0 Å². The molecule has 4 aromatic carbocycles. The molecular formula is C50H48N12O4Y2-2. The monoisotopic (exact) mass is 1060 g/mol. The molecule has 2 aliphatic heterocycles. The number of carbonyl (C=O) groups excluding carboxylic acids is 2. The fourth-order valence-corrected chi connectivity index (χ4v) is 7.87. The van der Waals surface area contributed by atoms with E-state index >= 15 is 0 Å². The van der Waals surface area contributed by atoms with Crippen molar-refractivity contribution in [3.05, 3.63) is 159 Å². The molecule has 68 heavy (non-hydrogen) atoms. The standard InChI is InChI=1S/C25H24N6O2.C13H15N6O.C12H9O.2Y/c1-2-21(32)30-14-6-7-18(15-30)31-25-22(24(26)27-16-28-25)23(29-31)17-10-12-20(13-11-17)33-19-8-4-3-5-9-19;1-2-11(20)18-5-3-4-9(7-18)19-13-10(6-17-19)12(14)15-8-16-13;1-3-7-11(8-4-1)13-12-9-5-2-6-10-12;;/h2-5,8-13,16,18H,1,6-7,14-15H2,(H2,26,27,28);2,8-9H,1,3-5,7H2,(H2,14,15,16);1,3-10H;;/q;2*-1;;/t18-;9-;;;/m11.../s1. The van der Waals surface area contributed by atoms with Crippen molar-refractivity contribution in [2.24, 2.45) is 0 Å². The van der Waals surface area contributed by atoms with Gasteiger partial charge in [-0.2, -0.15) is 23.3 Å². The minimum atomic E-state index is -0.0699. The van der Waals surface area contributed by atoms with Crippen LogP contribution in [0.2, 0.25) is 0 Å². The Morgan fingerprint density at radius 3 is 1.69 bits per heavy atom. The van der Waals surface area contributed by atoms with Gasteiger partial charge in [0.15, 0.2) is 5.65 Å². The molecule has 16 nitrogen and oxygen atoms in total. The van der Waals surface area contributed by atoms with Crippen LogP contribution in [0.3, 0.4) is 0 Å². The second-order valence-electron chi connectivity index (χ2n) is 15.4. The molecule has 2 radical (unpaired) electrons. The maximum absolute atomic E-state index is 12.2. The second-order valence-corrected chi connectivity index (χ2v) is 15.4. The van der Waals surface area contributed by atoms with Gasteiger partial charge in [-0.1, -0.05) is 54.9 Å². The van der Waals surface area contributed by atoms with Crippen LogP contribution in [0.5, 0.6) is 23.0 Å². The van der Waals surface area contributed by atoms with Gasteiger partial charge in [-0.25, -0.2) is 14.6 Å². The Kier molecular flexibility index (Phi) is 18.6. The molecule has 2 fully saturated rings. The summed E-state index contributed by atoms with van der Waals surface area (Å²) in [7, 11) is 0. The van der Waals surface area contributed by atoms with Crippen LogP contribution in [-0.4, -0.2) is 87.3 Å². The molecule has 8 aromatic rings. The number of para-hydroxylation sites is 2. The van der Waals surface area contributed by atoms with Gasteiger partial charge in [-0.15, -0.1) is 12.1 Å². The Balaban J connectivity index is 0.000000185. The van der Waals surface area contributed by atoms with Crippen molar-refractivity contribution in [3.8, 4) is 34.3 Å². The zero-order chi connectivity index (χ0) is 45.8. The molecule has 10 rings (SSSR count). The summed E-state index contributed by atoms with van der Waals surface area (Å²) >= 11 is 0. The molecule has 0 unspecified atom stereocenters. The van der Waals surface area contributed by atoms with Gasteiger partial charge in [0.1, 0.15) is 35.1 Å². The summed E-state index contributed by atoms with van der Waals surface area (Å²) < 4.78 is 15.1. The van der Waals surface area contributed by atoms with Crippen molar-refractivity contribution < 1.29 is 84.5 Å². The minimum Gasteiger partial charge on any atom is -0.483 e. The number of anilines is 2. The van der Waals surface area contributed by atoms with Crippen molar-refractivity contribution in [2.75, 3.05) is 37.6 Å². The number of fused-ring (bicyclic) bond motifs is 2. The average Bonchev–Trinajstić information content (AvgIpc) is 4.00. The van der Waals surface area contributed by atoms with E-state index in [-0.39, 0.29) is 89.3 Å². The van der Waals surface area contributed by atoms with E-state index in [1.54, 1.807) is 14.5 Å². The number of nitrogens with two attached hydrogens (primary N) is 2. The van der Waals surface area contributed by atoms with Crippen molar-refractivity contribution >= 4 is 45.5 Å². The van der Waals surface area contributed by atoms with Crippen LogP contribution in [-0.2, 0) is 75.0 Å². The summed E-state index contributed by atoms with van der Waals surface area (Å²) in [6.07, 6.45) is 12.1. The summed E-state index contributed by atoms with van der Waals surface area (Å²) in [5.74, 6) is 3.82. The summed E-state index contributed by atoms with van der Waals surface area (Å²) in [6, 6.07) is 37.5. The first kappa shape index (κ1) is 51.2. The molecule has 0 bridgehead atoms. The third-order valence-corrected chi connectivity index (χ3v) is 11.1. The molecular weight excluding hydrogens is 1010 g/mol. The van der Waals surface area contributed by atoms with E-state index in [0.717, 1.165) is 60.8 Å². The van der Waals surface area contributed by atoms with Crippen LogP contribution >= 0.6 is 0 Å². The van der Waals surface area contributed by atoms with E-state index in [0.29, 0.717) is 59.0 Å². The van der Waals surface area contributed by atoms with Gasteiger partial charge in [0, 0.05) is 114 Å². The Morgan fingerprint density at radius 2 is 1.13 bits per heavy atom. The molecule has 0 spiro atoms. The zero-order valence-electron chi connectivity index (χ0n) is 37.3. The largest absolute Gasteiger partial charge is 0.483 e. The number of piperidine rings is 2. The maximum atomic E-state index is 12.2. The van der Waals surface area contributed by atoms with E-state index in [9.17, 15) is 9.59 Å². The Labute approximate surface area is 444 Å². The van der Waals surface area contributed by atoms with Gasteiger partial charge < -0.3 is 35.4 Å². The van der Waals surface area contributed by atoms with Crippen molar-refractivity contribution in [1.82, 2.24) is 49.3 Å². The quantitative estimate of drug-likeness (QED) is 0.104. The Morgan fingerprint density at radius 1 is 0.632 bits per heavy atom. The van der Waals surface area contributed by atoms with Crippen LogP contribution in [0.1, 0.15) is 37.8 Å². The Hall–Kier alpha value is -6.19. The van der Waals surface area contributed by atoms with E-state index in [4.69, 9.17) is 26.0 Å². The van der Waals surface area contributed by atoms with Crippen LogP contribution in [0.15, 0.2) is 147 Å². The first-order valence-electron chi connectivity index (χ1n) is 21.5. The van der Waals surface area contributed by atoms with E-state index < -0.39 is 0 Å². The van der Waals surface area contributed by atoms with E-state index in [2.05, 4.69) is 50.5 Å². The number of benzene rings is 4. The predicted molar refractivity (Wildman–Crippen MR) is 252 cm³/mol. The van der Waals surface area contributed by atoms with Crippen molar-refractivity contribution in [3.63, 3.8) is 0 Å². The maximum Gasteiger partial charge on any atom is 0.246 e. The Bertz CT molecular complexity index is 2880. The topological polar surface area (TPSA) is 198 Å². The number of hydrogen-bond acceptors (Lipinski definition) is 12. The molecule has 2 aliphatic rings. The average molecular weight is 1060 g/mol. The second kappa shape index (κ2) is 24.7. The third kappa shape index (κ3) is 12.5. The van der Waals surface area contributed by atoms with E-state index in [1.807, 2.05) is 114 Å². The number of likely N-dealkylation sites (tertiary alicyclic amines) is 2. The normalized spacial score (nSPS) is 15.2. The number of hydrogen-bond donors (Lipinski definition) is 2. The number of nitrogen functional groups attached to an aromatic ring is 2. The molecule has 2 amide bonds. The van der Waals surface area contributed by atoms with Crippen LogP contribution in [0.25, 0.3) is 33.3 Å². The third-order valence-electron chi connectivity index (χ3n) is 11.1. The van der Waals surface area contributed by atoms with Gasteiger partial charge in [0.2, 0.25) is 11.8 Å². The molecule has 6 heterocycles.